The lowest BCUT2D eigenvalue weighted by Crippen LogP contribution is -2.32. The Morgan fingerprint density at radius 3 is 2.15 bits per heavy atom. The number of halogens is 2. The molecular formula is C19H20F2N2O3S. The van der Waals surface area contributed by atoms with Crippen LogP contribution in [-0.4, -0.2) is 31.7 Å². The van der Waals surface area contributed by atoms with E-state index in [2.05, 4.69) is 5.32 Å². The second-order valence-electron chi connectivity index (χ2n) is 6.40. The molecule has 1 fully saturated rings. The Balaban J connectivity index is 1.84. The van der Waals surface area contributed by atoms with Gasteiger partial charge in [0, 0.05) is 18.8 Å². The van der Waals surface area contributed by atoms with E-state index in [1.807, 2.05) is 0 Å². The first-order valence-corrected chi connectivity index (χ1v) is 10.2. The van der Waals surface area contributed by atoms with Gasteiger partial charge < -0.3 is 5.32 Å². The Hall–Kier alpha value is -2.32. The number of hydrogen-bond acceptors (Lipinski definition) is 3. The van der Waals surface area contributed by atoms with Gasteiger partial charge in [-0.1, -0.05) is 25.0 Å². The molecular weight excluding hydrogens is 374 g/mol. The van der Waals surface area contributed by atoms with Crippen molar-refractivity contribution in [3.63, 3.8) is 0 Å². The van der Waals surface area contributed by atoms with Crippen molar-refractivity contribution in [1.82, 2.24) is 4.31 Å². The molecule has 8 heteroatoms. The zero-order valence-corrected chi connectivity index (χ0v) is 15.4. The van der Waals surface area contributed by atoms with Gasteiger partial charge in [0.15, 0.2) is 0 Å². The Morgan fingerprint density at radius 1 is 0.926 bits per heavy atom. The van der Waals surface area contributed by atoms with Gasteiger partial charge in [-0.15, -0.1) is 0 Å². The molecule has 0 bridgehead atoms. The summed E-state index contributed by atoms with van der Waals surface area (Å²) < 4.78 is 54.6. The van der Waals surface area contributed by atoms with Crippen molar-refractivity contribution in [2.24, 2.45) is 0 Å². The van der Waals surface area contributed by atoms with Crippen LogP contribution < -0.4 is 5.32 Å². The highest BCUT2D eigenvalue weighted by atomic mass is 32.2. The zero-order chi connectivity index (χ0) is 19.4. The molecule has 1 aliphatic rings. The fourth-order valence-corrected chi connectivity index (χ4v) is 4.64. The molecule has 1 heterocycles. The monoisotopic (exact) mass is 394 g/mol. The first kappa shape index (κ1) is 19.4. The highest BCUT2D eigenvalue weighted by Crippen LogP contribution is 2.23. The van der Waals surface area contributed by atoms with Gasteiger partial charge >= 0.3 is 0 Å². The minimum Gasteiger partial charge on any atom is -0.322 e. The van der Waals surface area contributed by atoms with E-state index in [9.17, 15) is 22.0 Å². The standard InChI is InChI=1S/C19H20F2N2O3S/c20-16-9-6-10-17(21)18(16)19(24)22-14-7-5-8-15(13-14)27(25,26)23-11-3-1-2-4-12-23/h5-10,13H,1-4,11-12H2,(H,22,24). The summed E-state index contributed by atoms with van der Waals surface area (Å²) in [5.74, 6) is -2.95. The molecule has 3 rings (SSSR count). The van der Waals surface area contributed by atoms with E-state index in [0.717, 1.165) is 43.9 Å². The number of carbonyl (C=O) groups excluding carboxylic acids is 1. The topological polar surface area (TPSA) is 66.5 Å². The molecule has 0 aromatic heterocycles. The third-order valence-electron chi connectivity index (χ3n) is 4.48. The fraction of sp³-hybridized carbons (Fsp3) is 0.316. The molecule has 1 saturated heterocycles. The SMILES string of the molecule is O=C(Nc1cccc(S(=O)(=O)N2CCCCCC2)c1)c1c(F)cccc1F. The van der Waals surface area contributed by atoms with Crippen LogP contribution >= 0.6 is 0 Å². The van der Waals surface area contributed by atoms with Gasteiger partial charge in [-0.2, -0.15) is 4.31 Å². The molecule has 27 heavy (non-hydrogen) atoms. The molecule has 1 amide bonds. The van der Waals surface area contributed by atoms with E-state index in [0.29, 0.717) is 13.1 Å². The number of benzene rings is 2. The maximum Gasteiger partial charge on any atom is 0.261 e. The van der Waals surface area contributed by atoms with Crippen LogP contribution in [-0.2, 0) is 10.0 Å². The number of rotatable bonds is 4. The van der Waals surface area contributed by atoms with Gasteiger partial charge in [0.25, 0.3) is 5.91 Å². The van der Waals surface area contributed by atoms with Crippen LogP contribution in [0, 0.1) is 11.6 Å². The van der Waals surface area contributed by atoms with Gasteiger partial charge in [0.1, 0.15) is 17.2 Å². The molecule has 0 radical (unpaired) electrons. The number of hydrogen-bond donors (Lipinski definition) is 1. The summed E-state index contributed by atoms with van der Waals surface area (Å²) in [6.45, 7) is 0.915. The molecule has 2 aromatic carbocycles. The lowest BCUT2D eigenvalue weighted by Gasteiger charge is -2.20. The van der Waals surface area contributed by atoms with Crippen molar-refractivity contribution in [3.05, 3.63) is 59.7 Å². The van der Waals surface area contributed by atoms with E-state index in [1.165, 1.54) is 28.6 Å². The quantitative estimate of drug-likeness (QED) is 0.858. The van der Waals surface area contributed by atoms with Crippen molar-refractivity contribution in [3.8, 4) is 0 Å². The normalized spacial score (nSPS) is 15.9. The van der Waals surface area contributed by atoms with Gasteiger partial charge in [-0.25, -0.2) is 17.2 Å². The number of amides is 1. The highest BCUT2D eigenvalue weighted by Gasteiger charge is 2.25. The number of nitrogens with zero attached hydrogens (tertiary/aromatic N) is 1. The largest absolute Gasteiger partial charge is 0.322 e. The third-order valence-corrected chi connectivity index (χ3v) is 6.38. The van der Waals surface area contributed by atoms with Gasteiger partial charge in [0.05, 0.1) is 4.90 Å². The third kappa shape index (κ3) is 4.33. The maximum absolute atomic E-state index is 13.8. The van der Waals surface area contributed by atoms with Crippen molar-refractivity contribution in [1.29, 1.82) is 0 Å². The molecule has 0 unspecified atom stereocenters. The number of nitrogens with one attached hydrogen (secondary N) is 1. The summed E-state index contributed by atoms with van der Waals surface area (Å²) in [4.78, 5) is 12.3. The first-order chi connectivity index (χ1) is 12.9. The van der Waals surface area contributed by atoms with Crippen molar-refractivity contribution < 1.29 is 22.0 Å². The van der Waals surface area contributed by atoms with Crippen LogP contribution in [0.3, 0.4) is 0 Å². The van der Waals surface area contributed by atoms with E-state index < -0.39 is 33.1 Å². The number of sulfonamides is 1. The maximum atomic E-state index is 13.8. The van der Waals surface area contributed by atoms with Crippen LogP contribution in [0.1, 0.15) is 36.0 Å². The van der Waals surface area contributed by atoms with E-state index >= 15 is 0 Å². The number of carbonyl (C=O) groups is 1. The van der Waals surface area contributed by atoms with Crippen LogP contribution in [0.2, 0.25) is 0 Å². The van der Waals surface area contributed by atoms with Crippen molar-refractivity contribution in [2.75, 3.05) is 18.4 Å². The van der Waals surface area contributed by atoms with Gasteiger partial charge in [-0.05, 0) is 43.2 Å². The molecule has 144 valence electrons. The summed E-state index contributed by atoms with van der Waals surface area (Å²) in [5.41, 5.74) is -0.558. The molecule has 0 saturated carbocycles. The van der Waals surface area contributed by atoms with Crippen LogP contribution in [0.4, 0.5) is 14.5 Å². The first-order valence-electron chi connectivity index (χ1n) is 8.75. The molecule has 0 aliphatic carbocycles. The van der Waals surface area contributed by atoms with E-state index in [4.69, 9.17) is 0 Å². The van der Waals surface area contributed by atoms with Crippen molar-refractivity contribution in [2.45, 2.75) is 30.6 Å². The smallest absolute Gasteiger partial charge is 0.261 e. The Morgan fingerprint density at radius 2 is 1.52 bits per heavy atom. The zero-order valence-electron chi connectivity index (χ0n) is 14.6. The molecule has 2 aromatic rings. The Labute approximate surface area is 157 Å². The average Bonchev–Trinajstić information content (AvgIpc) is 2.92. The Bertz CT molecular complexity index is 919. The minimum atomic E-state index is -3.69. The predicted molar refractivity (Wildman–Crippen MR) is 98.0 cm³/mol. The summed E-state index contributed by atoms with van der Waals surface area (Å²) in [6.07, 6.45) is 3.61. The van der Waals surface area contributed by atoms with E-state index in [1.54, 1.807) is 0 Å². The lowest BCUT2D eigenvalue weighted by atomic mass is 10.2. The predicted octanol–water partition coefficient (Wildman–Crippen LogP) is 3.78. The molecule has 1 aliphatic heterocycles. The molecule has 0 spiro atoms. The van der Waals surface area contributed by atoms with Crippen LogP contribution in [0.5, 0.6) is 0 Å². The Kier molecular flexibility index (Phi) is 5.86. The van der Waals surface area contributed by atoms with Gasteiger partial charge in [0.2, 0.25) is 10.0 Å². The summed E-state index contributed by atoms with van der Waals surface area (Å²) in [6, 6.07) is 8.83. The fourth-order valence-electron chi connectivity index (χ4n) is 3.07. The summed E-state index contributed by atoms with van der Waals surface area (Å²) in [5, 5.41) is 2.37. The van der Waals surface area contributed by atoms with Crippen molar-refractivity contribution >= 4 is 21.6 Å². The second kappa shape index (κ2) is 8.14. The summed E-state index contributed by atoms with van der Waals surface area (Å²) in [7, 11) is -3.69. The van der Waals surface area contributed by atoms with E-state index in [-0.39, 0.29) is 10.6 Å². The molecule has 5 nitrogen and oxygen atoms in total. The number of anilines is 1. The second-order valence-corrected chi connectivity index (χ2v) is 8.33. The highest BCUT2D eigenvalue weighted by molar-refractivity contribution is 7.89. The average molecular weight is 394 g/mol. The van der Waals surface area contributed by atoms with Crippen LogP contribution in [0.25, 0.3) is 0 Å². The van der Waals surface area contributed by atoms with Gasteiger partial charge in [-0.3, -0.25) is 4.79 Å². The summed E-state index contributed by atoms with van der Waals surface area (Å²) >= 11 is 0. The minimum absolute atomic E-state index is 0.0382. The molecule has 1 N–H and O–H groups in total. The lowest BCUT2D eigenvalue weighted by molar-refractivity contribution is 0.101. The van der Waals surface area contributed by atoms with Crippen LogP contribution in [0.15, 0.2) is 47.4 Å². The molecule has 0 atom stereocenters.